The summed E-state index contributed by atoms with van der Waals surface area (Å²) in [5.74, 6) is 5.69. The minimum absolute atomic E-state index is 0.200. The highest BCUT2D eigenvalue weighted by atomic mass is 16.5. The van der Waals surface area contributed by atoms with Crippen molar-refractivity contribution in [3.63, 3.8) is 0 Å². The lowest BCUT2D eigenvalue weighted by Gasteiger charge is -2.09. The van der Waals surface area contributed by atoms with Crippen molar-refractivity contribution in [2.24, 2.45) is 5.84 Å². The molecule has 6 heteroatoms. The maximum absolute atomic E-state index is 12.1. The Balaban J connectivity index is 2.04. The number of pyridine rings is 1. The van der Waals surface area contributed by atoms with E-state index in [0.29, 0.717) is 23.7 Å². The van der Waals surface area contributed by atoms with E-state index in [2.05, 4.69) is 15.7 Å². The van der Waals surface area contributed by atoms with Gasteiger partial charge in [-0.1, -0.05) is 12.1 Å². The van der Waals surface area contributed by atoms with Crippen molar-refractivity contribution in [1.29, 1.82) is 0 Å². The van der Waals surface area contributed by atoms with Crippen molar-refractivity contribution < 1.29 is 9.53 Å². The van der Waals surface area contributed by atoms with Crippen LogP contribution in [0.2, 0.25) is 0 Å². The van der Waals surface area contributed by atoms with Gasteiger partial charge in [0, 0.05) is 18.8 Å². The molecule has 0 aliphatic carbocycles. The van der Waals surface area contributed by atoms with Crippen molar-refractivity contribution >= 4 is 11.6 Å². The molecule has 0 radical (unpaired) electrons. The van der Waals surface area contributed by atoms with Crippen LogP contribution < -0.4 is 21.3 Å². The maximum atomic E-state index is 12.1. The largest absolute Gasteiger partial charge is 0.481 e. The van der Waals surface area contributed by atoms with Crippen LogP contribution in [-0.2, 0) is 6.54 Å². The van der Waals surface area contributed by atoms with Crippen LogP contribution in [0.1, 0.15) is 15.9 Å². The van der Waals surface area contributed by atoms with Crippen LogP contribution in [0.4, 0.5) is 5.69 Å². The lowest BCUT2D eigenvalue weighted by atomic mass is 10.1. The molecule has 0 bridgehead atoms. The van der Waals surface area contributed by atoms with E-state index >= 15 is 0 Å². The predicted molar refractivity (Wildman–Crippen MR) is 76.2 cm³/mol. The molecule has 1 aromatic carbocycles. The van der Waals surface area contributed by atoms with Crippen LogP contribution in [0.3, 0.4) is 0 Å². The Morgan fingerprint density at radius 3 is 2.90 bits per heavy atom. The number of benzene rings is 1. The van der Waals surface area contributed by atoms with Gasteiger partial charge in [-0.2, -0.15) is 0 Å². The van der Waals surface area contributed by atoms with Crippen LogP contribution in [0.15, 0.2) is 42.6 Å². The number of hydrogen-bond acceptors (Lipinski definition) is 5. The zero-order valence-electron chi connectivity index (χ0n) is 11.1. The lowest BCUT2D eigenvalue weighted by Crippen LogP contribution is -2.24. The molecule has 0 aliphatic rings. The van der Waals surface area contributed by atoms with Gasteiger partial charge in [0.1, 0.15) is 0 Å². The van der Waals surface area contributed by atoms with Crippen LogP contribution in [0, 0.1) is 0 Å². The summed E-state index contributed by atoms with van der Waals surface area (Å²) < 4.78 is 5.03. The quantitative estimate of drug-likeness (QED) is 0.564. The topological polar surface area (TPSA) is 89.3 Å². The number of nitrogen functional groups attached to an aromatic ring is 1. The van der Waals surface area contributed by atoms with Gasteiger partial charge >= 0.3 is 0 Å². The first-order valence-corrected chi connectivity index (χ1v) is 6.07. The van der Waals surface area contributed by atoms with E-state index in [1.165, 1.54) is 0 Å². The first-order chi connectivity index (χ1) is 9.74. The molecule has 2 rings (SSSR count). The molecule has 104 valence electrons. The molecule has 0 spiro atoms. The third kappa shape index (κ3) is 3.24. The molecule has 2 aromatic rings. The molecule has 1 aromatic heterocycles. The molecule has 20 heavy (non-hydrogen) atoms. The first kappa shape index (κ1) is 13.8. The summed E-state index contributed by atoms with van der Waals surface area (Å²) in [4.78, 5) is 16.1. The van der Waals surface area contributed by atoms with Crippen molar-refractivity contribution in [2.75, 3.05) is 12.5 Å². The van der Waals surface area contributed by atoms with Gasteiger partial charge in [-0.25, -0.2) is 4.98 Å². The van der Waals surface area contributed by atoms with Crippen molar-refractivity contribution in [3.8, 4) is 5.88 Å². The molecule has 1 heterocycles. The minimum atomic E-state index is -0.200. The zero-order chi connectivity index (χ0) is 14.4. The molecule has 0 atom stereocenters. The fraction of sp³-hybridized carbons (Fsp3) is 0.143. The molecular weight excluding hydrogens is 256 g/mol. The summed E-state index contributed by atoms with van der Waals surface area (Å²) in [6, 6.07) is 10.6. The van der Waals surface area contributed by atoms with E-state index in [1.807, 2.05) is 6.07 Å². The van der Waals surface area contributed by atoms with Gasteiger partial charge in [-0.05, 0) is 23.8 Å². The molecule has 0 saturated carbocycles. The summed E-state index contributed by atoms with van der Waals surface area (Å²) in [7, 11) is 1.55. The maximum Gasteiger partial charge on any atom is 0.253 e. The molecular formula is C14H16N4O2. The van der Waals surface area contributed by atoms with Gasteiger partial charge in [-0.15, -0.1) is 0 Å². The SMILES string of the molecule is COc1cc(CNC(=O)c2ccccc2NN)ccn1. The number of nitrogens with zero attached hydrogens (tertiary/aromatic N) is 1. The number of para-hydroxylation sites is 1. The predicted octanol–water partition coefficient (Wildman–Crippen LogP) is 1.31. The molecule has 0 saturated heterocycles. The summed E-state index contributed by atoms with van der Waals surface area (Å²) in [5, 5.41) is 2.82. The van der Waals surface area contributed by atoms with E-state index in [-0.39, 0.29) is 5.91 Å². The second kappa shape index (κ2) is 6.53. The van der Waals surface area contributed by atoms with Crippen molar-refractivity contribution in [3.05, 3.63) is 53.7 Å². The van der Waals surface area contributed by atoms with Gasteiger partial charge in [0.2, 0.25) is 5.88 Å². The van der Waals surface area contributed by atoms with Gasteiger partial charge in [-0.3, -0.25) is 10.6 Å². The smallest absolute Gasteiger partial charge is 0.253 e. The number of hydrogen-bond donors (Lipinski definition) is 3. The summed E-state index contributed by atoms with van der Waals surface area (Å²) in [5.41, 5.74) is 4.49. The van der Waals surface area contributed by atoms with E-state index in [9.17, 15) is 4.79 Å². The Morgan fingerprint density at radius 2 is 2.15 bits per heavy atom. The number of carbonyl (C=O) groups is 1. The number of ether oxygens (including phenoxy) is 1. The molecule has 6 nitrogen and oxygen atoms in total. The van der Waals surface area contributed by atoms with E-state index in [1.54, 1.807) is 43.6 Å². The van der Waals surface area contributed by atoms with Crippen LogP contribution in [0.5, 0.6) is 5.88 Å². The molecule has 0 unspecified atom stereocenters. The Morgan fingerprint density at radius 1 is 1.35 bits per heavy atom. The number of aromatic nitrogens is 1. The van der Waals surface area contributed by atoms with E-state index < -0.39 is 0 Å². The third-order valence-corrected chi connectivity index (χ3v) is 2.79. The molecule has 1 amide bonds. The van der Waals surface area contributed by atoms with Crippen LogP contribution in [0.25, 0.3) is 0 Å². The van der Waals surface area contributed by atoms with Crippen molar-refractivity contribution in [1.82, 2.24) is 10.3 Å². The number of methoxy groups -OCH3 is 1. The van der Waals surface area contributed by atoms with Gasteiger partial charge in [0.15, 0.2) is 0 Å². The highest BCUT2D eigenvalue weighted by molar-refractivity contribution is 5.99. The fourth-order valence-electron chi connectivity index (χ4n) is 1.76. The Kier molecular flexibility index (Phi) is 4.52. The molecule has 0 aliphatic heterocycles. The van der Waals surface area contributed by atoms with E-state index in [0.717, 1.165) is 5.56 Å². The number of hydrazine groups is 1. The normalized spacial score (nSPS) is 9.90. The monoisotopic (exact) mass is 272 g/mol. The third-order valence-electron chi connectivity index (χ3n) is 2.79. The van der Waals surface area contributed by atoms with Crippen molar-refractivity contribution in [2.45, 2.75) is 6.54 Å². The Hall–Kier alpha value is -2.60. The summed E-state index contributed by atoms with van der Waals surface area (Å²) in [6.07, 6.45) is 1.63. The highest BCUT2D eigenvalue weighted by Gasteiger charge is 2.09. The standard InChI is InChI=1S/C14H16N4O2/c1-20-13-8-10(6-7-16-13)9-17-14(19)11-4-2-3-5-12(11)18-15/h2-8,18H,9,15H2,1H3,(H,17,19). The van der Waals surface area contributed by atoms with E-state index in [4.69, 9.17) is 10.6 Å². The van der Waals surface area contributed by atoms with Gasteiger partial charge in [0.25, 0.3) is 5.91 Å². The minimum Gasteiger partial charge on any atom is -0.481 e. The number of amides is 1. The number of nitrogens with two attached hydrogens (primary N) is 1. The van der Waals surface area contributed by atoms with Crippen LogP contribution >= 0.6 is 0 Å². The molecule has 4 N–H and O–H groups in total. The number of carbonyl (C=O) groups excluding carboxylic acids is 1. The summed E-state index contributed by atoms with van der Waals surface area (Å²) >= 11 is 0. The zero-order valence-corrected chi connectivity index (χ0v) is 11.1. The Bertz CT molecular complexity index is 601. The van der Waals surface area contributed by atoms with Gasteiger partial charge < -0.3 is 15.5 Å². The molecule has 0 fully saturated rings. The van der Waals surface area contributed by atoms with Crippen LogP contribution in [-0.4, -0.2) is 18.0 Å². The Labute approximate surface area is 116 Å². The summed E-state index contributed by atoms with van der Waals surface area (Å²) in [6.45, 7) is 0.386. The number of nitrogens with one attached hydrogen (secondary N) is 2. The second-order valence-corrected chi connectivity index (χ2v) is 4.08. The fourth-order valence-corrected chi connectivity index (χ4v) is 1.76. The highest BCUT2D eigenvalue weighted by Crippen LogP contribution is 2.14. The second-order valence-electron chi connectivity index (χ2n) is 4.08. The number of rotatable bonds is 5. The average Bonchev–Trinajstić information content (AvgIpc) is 2.52. The number of anilines is 1. The van der Waals surface area contributed by atoms with Gasteiger partial charge in [0.05, 0.1) is 18.4 Å². The first-order valence-electron chi connectivity index (χ1n) is 6.07. The average molecular weight is 272 g/mol. The lowest BCUT2D eigenvalue weighted by molar-refractivity contribution is 0.0951.